The molecule has 2 rings (SSSR count). The van der Waals surface area contributed by atoms with Crippen molar-refractivity contribution in [3.8, 4) is 6.07 Å². The molecule has 1 saturated heterocycles. The van der Waals surface area contributed by atoms with E-state index in [9.17, 15) is 0 Å². The van der Waals surface area contributed by atoms with Crippen LogP contribution in [0.15, 0.2) is 18.2 Å². The van der Waals surface area contributed by atoms with Crippen molar-refractivity contribution in [2.45, 2.75) is 32.2 Å². The van der Waals surface area contributed by atoms with Gasteiger partial charge in [0.2, 0.25) is 0 Å². The van der Waals surface area contributed by atoms with Crippen LogP contribution in [-0.4, -0.2) is 12.6 Å². The van der Waals surface area contributed by atoms with Gasteiger partial charge in [-0.15, -0.1) is 0 Å². The Balaban J connectivity index is 2.29. The van der Waals surface area contributed by atoms with Crippen LogP contribution < -0.4 is 10.6 Å². The molecule has 0 aromatic heterocycles. The van der Waals surface area contributed by atoms with E-state index >= 15 is 0 Å². The van der Waals surface area contributed by atoms with E-state index in [2.05, 4.69) is 17.9 Å². The molecular formula is C13H17N3. The number of nitrogens with zero attached hydrogens (tertiary/aromatic N) is 2. The molecule has 0 bridgehead atoms. The van der Waals surface area contributed by atoms with Crippen molar-refractivity contribution in [3.63, 3.8) is 0 Å². The number of nitrogen functional groups attached to an aromatic ring is 1. The molecule has 2 N–H and O–H groups in total. The molecule has 1 atom stereocenters. The summed E-state index contributed by atoms with van der Waals surface area (Å²) in [7, 11) is 0. The zero-order valence-corrected chi connectivity index (χ0v) is 9.61. The standard InChI is InChI=1S/C13H17N3/c1-10-4-2-3-7-16(10)12-5-6-13(15)11(8-12)9-14/h5-6,8,10H,2-4,7,15H2,1H3/t10-/m1/s1. The van der Waals surface area contributed by atoms with Crippen LogP contribution in [0.1, 0.15) is 31.7 Å². The fourth-order valence-corrected chi connectivity index (χ4v) is 2.30. The van der Waals surface area contributed by atoms with Gasteiger partial charge in [-0.2, -0.15) is 5.26 Å². The van der Waals surface area contributed by atoms with Crippen molar-refractivity contribution < 1.29 is 0 Å². The lowest BCUT2D eigenvalue weighted by Crippen LogP contribution is -2.37. The van der Waals surface area contributed by atoms with E-state index in [4.69, 9.17) is 11.0 Å². The average Bonchev–Trinajstić information content (AvgIpc) is 2.31. The molecule has 1 heterocycles. The van der Waals surface area contributed by atoms with Gasteiger partial charge in [0.25, 0.3) is 0 Å². The SMILES string of the molecule is C[C@@H]1CCCCN1c1ccc(N)c(C#N)c1. The molecule has 16 heavy (non-hydrogen) atoms. The van der Waals surface area contributed by atoms with Gasteiger partial charge in [0.15, 0.2) is 0 Å². The Morgan fingerprint density at radius 1 is 1.44 bits per heavy atom. The van der Waals surface area contributed by atoms with Crippen molar-refractivity contribution >= 4 is 11.4 Å². The van der Waals surface area contributed by atoms with Gasteiger partial charge in [-0.3, -0.25) is 0 Å². The minimum absolute atomic E-state index is 0.559. The third-order valence-corrected chi connectivity index (χ3v) is 3.29. The van der Waals surface area contributed by atoms with Gasteiger partial charge >= 0.3 is 0 Å². The van der Waals surface area contributed by atoms with E-state index in [1.165, 1.54) is 19.3 Å². The molecule has 0 radical (unpaired) electrons. The maximum absolute atomic E-state index is 8.96. The Morgan fingerprint density at radius 2 is 2.25 bits per heavy atom. The molecule has 3 nitrogen and oxygen atoms in total. The molecule has 84 valence electrons. The molecule has 1 aliphatic heterocycles. The first-order valence-electron chi connectivity index (χ1n) is 5.78. The minimum Gasteiger partial charge on any atom is -0.398 e. The number of rotatable bonds is 1. The number of anilines is 2. The summed E-state index contributed by atoms with van der Waals surface area (Å²) in [6.45, 7) is 3.32. The van der Waals surface area contributed by atoms with Gasteiger partial charge in [0.05, 0.1) is 5.56 Å². The monoisotopic (exact) mass is 215 g/mol. The van der Waals surface area contributed by atoms with Crippen molar-refractivity contribution in [2.24, 2.45) is 0 Å². The fourth-order valence-electron chi connectivity index (χ4n) is 2.30. The van der Waals surface area contributed by atoms with Crippen molar-refractivity contribution in [3.05, 3.63) is 23.8 Å². The second-order valence-electron chi connectivity index (χ2n) is 4.42. The molecule has 0 amide bonds. The smallest absolute Gasteiger partial charge is 0.101 e. The Morgan fingerprint density at radius 3 is 2.94 bits per heavy atom. The highest BCUT2D eigenvalue weighted by atomic mass is 15.2. The van der Waals surface area contributed by atoms with Crippen LogP contribution in [-0.2, 0) is 0 Å². The number of benzene rings is 1. The zero-order valence-electron chi connectivity index (χ0n) is 9.61. The minimum atomic E-state index is 0.559. The summed E-state index contributed by atoms with van der Waals surface area (Å²) < 4.78 is 0. The molecule has 0 aliphatic carbocycles. The van der Waals surface area contributed by atoms with Crippen LogP contribution in [0.3, 0.4) is 0 Å². The van der Waals surface area contributed by atoms with E-state index in [0.717, 1.165) is 12.2 Å². The van der Waals surface area contributed by atoms with Gasteiger partial charge in [-0.05, 0) is 44.4 Å². The first-order valence-corrected chi connectivity index (χ1v) is 5.78. The van der Waals surface area contributed by atoms with Crippen LogP contribution in [0.4, 0.5) is 11.4 Å². The van der Waals surface area contributed by atoms with Crippen LogP contribution in [0.2, 0.25) is 0 Å². The molecular weight excluding hydrogens is 198 g/mol. The summed E-state index contributed by atoms with van der Waals surface area (Å²) in [5.41, 5.74) is 7.99. The van der Waals surface area contributed by atoms with Gasteiger partial charge in [-0.25, -0.2) is 0 Å². The first kappa shape index (κ1) is 10.8. The van der Waals surface area contributed by atoms with Crippen molar-refractivity contribution in [1.29, 1.82) is 5.26 Å². The topological polar surface area (TPSA) is 53.0 Å². The summed E-state index contributed by atoms with van der Waals surface area (Å²) >= 11 is 0. The maximum Gasteiger partial charge on any atom is 0.101 e. The Hall–Kier alpha value is -1.69. The fraction of sp³-hybridized carbons (Fsp3) is 0.462. The Labute approximate surface area is 96.5 Å². The van der Waals surface area contributed by atoms with E-state index in [-0.39, 0.29) is 0 Å². The number of hydrogen-bond acceptors (Lipinski definition) is 3. The predicted molar refractivity (Wildman–Crippen MR) is 66.2 cm³/mol. The number of nitriles is 1. The molecule has 1 aliphatic rings. The van der Waals surface area contributed by atoms with Gasteiger partial charge < -0.3 is 10.6 Å². The van der Waals surface area contributed by atoms with E-state index in [1.54, 1.807) is 0 Å². The van der Waals surface area contributed by atoms with E-state index in [1.807, 2.05) is 18.2 Å². The Bertz CT molecular complexity index is 420. The largest absolute Gasteiger partial charge is 0.398 e. The molecule has 0 saturated carbocycles. The van der Waals surface area contributed by atoms with Crippen LogP contribution in [0.5, 0.6) is 0 Å². The summed E-state index contributed by atoms with van der Waals surface area (Å²) in [6, 6.07) is 8.44. The lowest BCUT2D eigenvalue weighted by molar-refractivity contribution is 0.485. The van der Waals surface area contributed by atoms with Gasteiger partial charge in [0.1, 0.15) is 6.07 Å². The highest BCUT2D eigenvalue weighted by Gasteiger charge is 2.18. The molecule has 0 spiro atoms. The first-order chi connectivity index (χ1) is 7.72. The predicted octanol–water partition coefficient (Wildman–Crippen LogP) is 2.52. The number of piperidine rings is 1. The summed E-state index contributed by atoms with van der Waals surface area (Å²) in [5, 5.41) is 8.96. The third-order valence-electron chi connectivity index (χ3n) is 3.29. The maximum atomic E-state index is 8.96. The normalized spacial score (nSPS) is 20.5. The van der Waals surface area contributed by atoms with E-state index < -0.39 is 0 Å². The quantitative estimate of drug-likeness (QED) is 0.732. The highest BCUT2D eigenvalue weighted by molar-refractivity contribution is 5.63. The lowest BCUT2D eigenvalue weighted by atomic mass is 10.0. The second kappa shape index (κ2) is 4.44. The average molecular weight is 215 g/mol. The molecule has 0 unspecified atom stereocenters. The molecule has 3 heteroatoms. The summed E-state index contributed by atoms with van der Waals surface area (Å²) in [4.78, 5) is 2.36. The van der Waals surface area contributed by atoms with Crippen molar-refractivity contribution in [2.75, 3.05) is 17.2 Å². The summed E-state index contributed by atoms with van der Waals surface area (Å²) in [5.74, 6) is 0. The van der Waals surface area contributed by atoms with Crippen molar-refractivity contribution in [1.82, 2.24) is 0 Å². The zero-order chi connectivity index (χ0) is 11.5. The number of nitrogens with two attached hydrogens (primary N) is 1. The highest BCUT2D eigenvalue weighted by Crippen LogP contribution is 2.27. The molecule has 1 aromatic rings. The Kier molecular flexibility index (Phi) is 3.00. The van der Waals surface area contributed by atoms with Crippen LogP contribution >= 0.6 is 0 Å². The molecule has 1 fully saturated rings. The number of hydrogen-bond donors (Lipinski definition) is 1. The van der Waals surface area contributed by atoms with Crippen LogP contribution in [0, 0.1) is 11.3 Å². The van der Waals surface area contributed by atoms with Gasteiger partial charge in [0, 0.05) is 24.0 Å². The second-order valence-corrected chi connectivity index (χ2v) is 4.42. The third kappa shape index (κ3) is 1.96. The molecule has 1 aromatic carbocycles. The van der Waals surface area contributed by atoms with Crippen LogP contribution in [0.25, 0.3) is 0 Å². The van der Waals surface area contributed by atoms with Gasteiger partial charge in [-0.1, -0.05) is 0 Å². The van der Waals surface area contributed by atoms with E-state index in [0.29, 0.717) is 17.3 Å². The lowest BCUT2D eigenvalue weighted by Gasteiger charge is -2.35. The summed E-state index contributed by atoms with van der Waals surface area (Å²) in [6.07, 6.45) is 3.76.